The Kier molecular flexibility index (Phi) is 2.72. The smallest absolute Gasteiger partial charge is 0.228 e. The number of nitrogens with two attached hydrogens (primary N) is 2. The van der Waals surface area contributed by atoms with Gasteiger partial charge in [-0.25, -0.2) is 0 Å². The molecule has 1 atom stereocenters. The van der Waals surface area contributed by atoms with Gasteiger partial charge in [-0.1, -0.05) is 24.3 Å². The first-order chi connectivity index (χ1) is 9.13. The lowest BCUT2D eigenvalue weighted by Crippen LogP contribution is -2.12. The molecule has 0 radical (unpaired) electrons. The summed E-state index contributed by atoms with van der Waals surface area (Å²) in [6.07, 6.45) is 0.428. The van der Waals surface area contributed by atoms with Crippen molar-refractivity contribution in [1.82, 2.24) is 0 Å². The van der Waals surface area contributed by atoms with Crippen molar-refractivity contribution in [2.45, 2.75) is 12.5 Å². The molecule has 0 saturated carbocycles. The molecule has 1 heterocycles. The van der Waals surface area contributed by atoms with Gasteiger partial charge in [0.25, 0.3) is 0 Å². The molecule has 0 spiro atoms. The Morgan fingerprint density at radius 2 is 1.74 bits per heavy atom. The SMILES string of the molecule is Nc1ccc(C(N)c2ccc3c(c2)CC(=O)N3)cc1. The molecule has 19 heavy (non-hydrogen) atoms. The number of nitrogens with one attached hydrogen (secondary N) is 1. The molecule has 0 aliphatic carbocycles. The van der Waals surface area contributed by atoms with Crippen molar-refractivity contribution in [2.75, 3.05) is 11.1 Å². The van der Waals surface area contributed by atoms with Crippen molar-refractivity contribution in [3.05, 3.63) is 59.2 Å². The van der Waals surface area contributed by atoms with Crippen LogP contribution in [0.15, 0.2) is 42.5 Å². The molecule has 1 amide bonds. The zero-order chi connectivity index (χ0) is 13.4. The van der Waals surface area contributed by atoms with E-state index in [4.69, 9.17) is 11.5 Å². The first-order valence-corrected chi connectivity index (χ1v) is 6.17. The minimum atomic E-state index is -0.207. The number of carbonyl (C=O) groups is 1. The molecule has 3 rings (SSSR count). The van der Waals surface area contributed by atoms with E-state index in [9.17, 15) is 4.79 Å². The van der Waals surface area contributed by atoms with Crippen molar-refractivity contribution >= 4 is 17.3 Å². The van der Waals surface area contributed by atoms with E-state index in [-0.39, 0.29) is 11.9 Å². The number of benzene rings is 2. The number of hydrogen-bond donors (Lipinski definition) is 3. The summed E-state index contributed by atoms with van der Waals surface area (Å²) in [6.45, 7) is 0. The lowest BCUT2D eigenvalue weighted by atomic mass is 9.97. The van der Waals surface area contributed by atoms with E-state index in [2.05, 4.69) is 5.32 Å². The van der Waals surface area contributed by atoms with Crippen LogP contribution in [0.1, 0.15) is 22.7 Å². The third-order valence-electron chi connectivity index (χ3n) is 3.41. The summed E-state index contributed by atoms with van der Waals surface area (Å²) >= 11 is 0. The molecular weight excluding hydrogens is 238 g/mol. The second-order valence-corrected chi connectivity index (χ2v) is 4.79. The summed E-state index contributed by atoms with van der Waals surface area (Å²) in [5.74, 6) is 0.0354. The maximum atomic E-state index is 11.3. The zero-order valence-corrected chi connectivity index (χ0v) is 10.4. The molecule has 0 fully saturated rings. The van der Waals surface area contributed by atoms with Gasteiger partial charge in [0.1, 0.15) is 0 Å². The Morgan fingerprint density at radius 3 is 2.47 bits per heavy atom. The topological polar surface area (TPSA) is 81.1 Å². The van der Waals surface area contributed by atoms with Crippen molar-refractivity contribution in [2.24, 2.45) is 5.73 Å². The predicted octanol–water partition coefficient (Wildman–Crippen LogP) is 1.81. The van der Waals surface area contributed by atoms with E-state index < -0.39 is 0 Å². The average Bonchev–Trinajstić information content (AvgIpc) is 2.77. The third kappa shape index (κ3) is 2.18. The predicted molar refractivity (Wildman–Crippen MR) is 75.7 cm³/mol. The van der Waals surface area contributed by atoms with Gasteiger partial charge >= 0.3 is 0 Å². The number of anilines is 2. The fraction of sp³-hybridized carbons (Fsp3) is 0.133. The molecular formula is C15H15N3O. The van der Waals surface area contributed by atoms with E-state index >= 15 is 0 Å². The lowest BCUT2D eigenvalue weighted by Gasteiger charge is -2.14. The monoisotopic (exact) mass is 253 g/mol. The second kappa shape index (κ2) is 4.40. The van der Waals surface area contributed by atoms with Crippen LogP contribution >= 0.6 is 0 Å². The molecule has 5 N–H and O–H groups in total. The Hall–Kier alpha value is -2.33. The highest BCUT2D eigenvalue weighted by molar-refractivity contribution is 5.99. The van der Waals surface area contributed by atoms with E-state index in [1.165, 1.54) is 0 Å². The van der Waals surface area contributed by atoms with Crippen molar-refractivity contribution in [3.8, 4) is 0 Å². The van der Waals surface area contributed by atoms with E-state index in [1.807, 2.05) is 42.5 Å². The van der Waals surface area contributed by atoms with Crippen LogP contribution in [0.4, 0.5) is 11.4 Å². The normalized spacial score (nSPS) is 14.9. The van der Waals surface area contributed by atoms with Gasteiger partial charge in [0.05, 0.1) is 12.5 Å². The molecule has 4 heteroatoms. The number of rotatable bonds is 2. The van der Waals surface area contributed by atoms with E-state index in [0.29, 0.717) is 6.42 Å². The van der Waals surface area contributed by atoms with Crippen LogP contribution in [0.25, 0.3) is 0 Å². The quantitative estimate of drug-likeness (QED) is 0.714. The molecule has 2 aromatic rings. The molecule has 0 aromatic heterocycles. The molecule has 1 aliphatic heterocycles. The van der Waals surface area contributed by atoms with Crippen molar-refractivity contribution < 1.29 is 4.79 Å². The number of carbonyl (C=O) groups excluding carboxylic acids is 1. The Balaban J connectivity index is 1.92. The molecule has 0 saturated heterocycles. The van der Waals surface area contributed by atoms with Gasteiger partial charge in [-0.05, 0) is 34.9 Å². The summed E-state index contributed by atoms with van der Waals surface area (Å²) in [4.78, 5) is 11.3. The van der Waals surface area contributed by atoms with Gasteiger partial charge in [-0.15, -0.1) is 0 Å². The van der Waals surface area contributed by atoms with Gasteiger partial charge < -0.3 is 16.8 Å². The highest BCUT2D eigenvalue weighted by Crippen LogP contribution is 2.28. The highest BCUT2D eigenvalue weighted by atomic mass is 16.1. The van der Waals surface area contributed by atoms with Crippen LogP contribution in [0, 0.1) is 0 Å². The standard InChI is InChI=1S/C15H15N3O/c16-12-4-1-9(2-5-12)15(17)10-3-6-13-11(7-10)8-14(19)18-13/h1-7,15H,8,16-17H2,(H,18,19). The van der Waals surface area contributed by atoms with Gasteiger partial charge in [-0.2, -0.15) is 0 Å². The summed E-state index contributed by atoms with van der Waals surface area (Å²) < 4.78 is 0. The van der Waals surface area contributed by atoms with Crippen LogP contribution in [0.2, 0.25) is 0 Å². The number of fused-ring (bicyclic) bond motifs is 1. The highest BCUT2D eigenvalue weighted by Gasteiger charge is 2.19. The van der Waals surface area contributed by atoms with Crippen molar-refractivity contribution in [3.63, 3.8) is 0 Å². The summed E-state index contributed by atoms with van der Waals surface area (Å²) in [5, 5.41) is 2.81. The van der Waals surface area contributed by atoms with Gasteiger partial charge in [-0.3, -0.25) is 4.79 Å². The number of amides is 1. The molecule has 1 unspecified atom stereocenters. The zero-order valence-electron chi connectivity index (χ0n) is 10.4. The van der Waals surface area contributed by atoms with E-state index in [1.54, 1.807) is 0 Å². The van der Waals surface area contributed by atoms with Crippen LogP contribution in [0.5, 0.6) is 0 Å². The fourth-order valence-corrected chi connectivity index (χ4v) is 2.34. The summed E-state index contributed by atoms with van der Waals surface area (Å²) in [5.41, 5.74) is 16.5. The molecule has 96 valence electrons. The fourth-order valence-electron chi connectivity index (χ4n) is 2.34. The lowest BCUT2D eigenvalue weighted by molar-refractivity contribution is -0.115. The Bertz CT molecular complexity index is 634. The minimum absolute atomic E-state index is 0.0354. The molecule has 0 bridgehead atoms. The van der Waals surface area contributed by atoms with Gasteiger partial charge in [0.15, 0.2) is 0 Å². The average molecular weight is 253 g/mol. The first kappa shape index (κ1) is 11.7. The van der Waals surface area contributed by atoms with Crippen LogP contribution < -0.4 is 16.8 Å². The van der Waals surface area contributed by atoms with E-state index in [0.717, 1.165) is 28.1 Å². The maximum Gasteiger partial charge on any atom is 0.228 e. The first-order valence-electron chi connectivity index (χ1n) is 6.17. The molecule has 4 nitrogen and oxygen atoms in total. The summed E-state index contributed by atoms with van der Waals surface area (Å²) in [7, 11) is 0. The molecule has 1 aliphatic rings. The minimum Gasteiger partial charge on any atom is -0.399 e. The van der Waals surface area contributed by atoms with Crippen LogP contribution in [-0.4, -0.2) is 5.91 Å². The summed E-state index contributed by atoms with van der Waals surface area (Å²) in [6, 6.07) is 13.2. The van der Waals surface area contributed by atoms with Gasteiger partial charge in [0.2, 0.25) is 5.91 Å². The molecule has 2 aromatic carbocycles. The van der Waals surface area contributed by atoms with Crippen LogP contribution in [-0.2, 0) is 11.2 Å². The largest absolute Gasteiger partial charge is 0.399 e. The second-order valence-electron chi connectivity index (χ2n) is 4.79. The number of hydrogen-bond acceptors (Lipinski definition) is 3. The number of nitrogen functional groups attached to an aromatic ring is 1. The Morgan fingerprint density at radius 1 is 1.05 bits per heavy atom. The van der Waals surface area contributed by atoms with Crippen LogP contribution in [0.3, 0.4) is 0 Å². The van der Waals surface area contributed by atoms with Gasteiger partial charge in [0, 0.05) is 11.4 Å². The third-order valence-corrected chi connectivity index (χ3v) is 3.41. The van der Waals surface area contributed by atoms with Crippen molar-refractivity contribution in [1.29, 1.82) is 0 Å². The Labute approximate surface area is 111 Å². The maximum absolute atomic E-state index is 11.3.